The summed E-state index contributed by atoms with van der Waals surface area (Å²) in [6, 6.07) is 4.68. The van der Waals surface area contributed by atoms with E-state index in [1.807, 2.05) is 6.92 Å². The number of nitrogens with zero attached hydrogens (tertiary/aromatic N) is 2. The number of carbonyl (C=O) groups is 2. The average molecular weight is 532 g/mol. The first-order chi connectivity index (χ1) is 18.2. The smallest absolute Gasteiger partial charge is 0.242 e. The fraction of sp³-hybridized carbons (Fsp3) is 0.370. The van der Waals surface area contributed by atoms with Crippen molar-refractivity contribution in [3.63, 3.8) is 0 Å². The second kappa shape index (κ2) is 12.2. The van der Waals surface area contributed by atoms with Gasteiger partial charge in [0.05, 0.1) is 12.4 Å². The van der Waals surface area contributed by atoms with Gasteiger partial charge in [-0.1, -0.05) is 19.4 Å². The third-order valence-electron chi connectivity index (χ3n) is 6.50. The molecule has 2 amide bonds. The number of aryl methyl sites for hydroxylation is 1. The number of hydrogen-bond acceptors (Lipinski definition) is 4. The van der Waals surface area contributed by atoms with Crippen LogP contribution in [0.3, 0.4) is 0 Å². The third-order valence-corrected chi connectivity index (χ3v) is 6.50. The maximum atomic E-state index is 14.3. The van der Waals surface area contributed by atoms with Crippen molar-refractivity contribution in [1.29, 1.82) is 0 Å². The average Bonchev–Trinajstić information content (AvgIpc) is 3.29. The summed E-state index contributed by atoms with van der Waals surface area (Å²) in [5.41, 5.74) is 1.29. The SMILES string of the molecule is CCC[C@H](N[C@H]1CCc2cc(F)cc(F)c2C1)C(=O)Nc1cn(CC(=O)NCc2ccc(F)cc2F)cn1. The Labute approximate surface area is 217 Å². The molecule has 0 radical (unpaired) electrons. The zero-order valence-corrected chi connectivity index (χ0v) is 20.9. The maximum absolute atomic E-state index is 14.3. The molecule has 0 aliphatic heterocycles. The minimum Gasteiger partial charge on any atom is -0.350 e. The number of anilines is 1. The summed E-state index contributed by atoms with van der Waals surface area (Å²) < 4.78 is 56.0. The molecule has 0 saturated heterocycles. The number of carbonyl (C=O) groups excluding carboxylic acids is 2. The zero-order chi connectivity index (χ0) is 27.2. The van der Waals surface area contributed by atoms with Crippen LogP contribution in [0.1, 0.15) is 42.9 Å². The van der Waals surface area contributed by atoms with Crippen LogP contribution in [-0.4, -0.2) is 33.4 Å². The molecule has 11 heteroatoms. The lowest BCUT2D eigenvalue weighted by molar-refractivity contribution is -0.122. The van der Waals surface area contributed by atoms with Crippen molar-refractivity contribution >= 4 is 17.6 Å². The fourth-order valence-corrected chi connectivity index (χ4v) is 4.60. The highest BCUT2D eigenvalue weighted by atomic mass is 19.1. The first-order valence-corrected chi connectivity index (χ1v) is 12.5. The summed E-state index contributed by atoms with van der Waals surface area (Å²) in [6.07, 6.45) is 5.69. The number of amides is 2. The standard InChI is InChI=1S/C27H29F4N5O2/c1-2-3-24(34-20-7-5-16-8-19(29)10-23(31)21(16)11-20)27(38)35-25-13-36(15-33-25)14-26(37)32-12-17-4-6-18(28)9-22(17)30/h4,6,8-10,13,15,20,24,34H,2-3,5,7,11-12,14H2,1H3,(H,32,37)(H,35,38)/t20-,24-/m0/s1. The van der Waals surface area contributed by atoms with Gasteiger partial charge in [-0.05, 0) is 48.9 Å². The molecule has 38 heavy (non-hydrogen) atoms. The molecule has 1 heterocycles. The van der Waals surface area contributed by atoms with Crippen molar-refractivity contribution in [3.05, 3.63) is 82.8 Å². The van der Waals surface area contributed by atoms with Gasteiger partial charge in [0.2, 0.25) is 11.8 Å². The molecule has 2 aromatic carbocycles. The van der Waals surface area contributed by atoms with Crippen molar-refractivity contribution < 1.29 is 27.2 Å². The molecule has 202 valence electrons. The molecule has 7 nitrogen and oxygen atoms in total. The number of fused-ring (bicyclic) bond motifs is 1. The molecule has 3 N–H and O–H groups in total. The topological polar surface area (TPSA) is 88.0 Å². The van der Waals surface area contributed by atoms with E-state index in [9.17, 15) is 27.2 Å². The van der Waals surface area contributed by atoms with Gasteiger partial charge in [-0.2, -0.15) is 0 Å². The number of halogens is 4. The molecule has 1 aliphatic rings. The van der Waals surface area contributed by atoms with Gasteiger partial charge in [0.15, 0.2) is 5.82 Å². The van der Waals surface area contributed by atoms with Crippen LogP contribution in [-0.2, 0) is 35.5 Å². The van der Waals surface area contributed by atoms with Crippen molar-refractivity contribution in [2.24, 2.45) is 0 Å². The second-order valence-corrected chi connectivity index (χ2v) is 9.41. The Bertz CT molecular complexity index is 1310. The van der Waals surface area contributed by atoms with Gasteiger partial charge in [0.1, 0.15) is 29.8 Å². The number of nitrogens with one attached hydrogen (secondary N) is 3. The molecule has 0 saturated carbocycles. The van der Waals surface area contributed by atoms with E-state index < -0.39 is 35.2 Å². The molecule has 0 unspecified atom stereocenters. The Kier molecular flexibility index (Phi) is 8.77. The Balaban J connectivity index is 1.30. The number of rotatable bonds is 10. The Morgan fingerprint density at radius 3 is 2.66 bits per heavy atom. The molecule has 1 aromatic heterocycles. The van der Waals surface area contributed by atoms with Crippen LogP contribution in [0.25, 0.3) is 0 Å². The molecular formula is C27H29F4N5O2. The molecule has 0 fully saturated rings. The summed E-state index contributed by atoms with van der Waals surface area (Å²) in [6.45, 7) is 1.74. The summed E-state index contributed by atoms with van der Waals surface area (Å²) in [7, 11) is 0. The lowest BCUT2D eigenvalue weighted by Gasteiger charge is -2.29. The van der Waals surface area contributed by atoms with Crippen LogP contribution >= 0.6 is 0 Å². The Hall–Kier alpha value is -3.73. The van der Waals surface area contributed by atoms with Gasteiger partial charge in [-0.3, -0.25) is 9.59 Å². The summed E-state index contributed by atoms with van der Waals surface area (Å²) in [4.78, 5) is 29.4. The van der Waals surface area contributed by atoms with E-state index >= 15 is 0 Å². The van der Waals surface area contributed by atoms with Crippen LogP contribution in [0.15, 0.2) is 42.9 Å². The molecule has 1 aliphatic carbocycles. The third kappa shape index (κ3) is 6.97. The predicted octanol–water partition coefficient (Wildman–Crippen LogP) is 4.01. The molecule has 0 spiro atoms. The van der Waals surface area contributed by atoms with Crippen LogP contribution in [0.2, 0.25) is 0 Å². The van der Waals surface area contributed by atoms with Crippen molar-refractivity contribution in [3.8, 4) is 0 Å². The van der Waals surface area contributed by atoms with Crippen LogP contribution in [0, 0.1) is 23.3 Å². The first-order valence-electron chi connectivity index (χ1n) is 12.5. The summed E-state index contributed by atoms with van der Waals surface area (Å²) in [5.74, 6) is -3.07. The van der Waals surface area contributed by atoms with E-state index in [1.54, 1.807) is 0 Å². The van der Waals surface area contributed by atoms with Crippen LogP contribution < -0.4 is 16.0 Å². The van der Waals surface area contributed by atoms with E-state index in [0.29, 0.717) is 36.8 Å². The molecule has 3 aromatic rings. The van der Waals surface area contributed by atoms with Gasteiger partial charge in [-0.15, -0.1) is 0 Å². The van der Waals surface area contributed by atoms with Gasteiger partial charge in [-0.25, -0.2) is 22.5 Å². The molecule has 0 bridgehead atoms. The van der Waals surface area contributed by atoms with E-state index in [-0.39, 0.29) is 36.4 Å². The number of benzene rings is 2. The fourth-order valence-electron chi connectivity index (χ4n) is 4.60. The largest absolute Gasteiger partial charge is 0.350 e. The van der Waals surface area contributed by atoms with Crippen molar-refractivity contribution in [1.82, 2.24) is 20.2 Å². The van der Waals surface area contributed by atoms with E-state index in [4.69, 9.17) is 0 Å². The number of imidazole rings is 1. The molecule has 2 atom stereocenters. The highest BCUT2D eigenvalue weighted by Crippen LogP contribution is 2.26. The highest BCUT2D eigenvalue weighted by molar-refractivity contribution is 5.94. The first kappa shape index (κ1) is 27.3. The minimum absolute atomic E-state index is 0.0991. The molecular weight excluding hydrogens is 502 g/mol. The van der Waals surface area contributed by atoms with Crippen LogP contribution in [0.4, 0.5) is 23.4 Å². The maximum Gasteiger partial charge on any atom is 0.242 e. The number of aromatic nitrogens is 2. The van der Waals surface area contributed by atoms with Crippen molar-refractivity contribution in [2.45, 2.75) is 64.2 Å². The molecule has 4 rings (SSSR count). The van der Waals surface area contributed by atoms with Gasteiger partial charge in [0, 0.05) is 36.5 Å². The van der Waals surface area contributed by atoms with E-state index in [1.165, 1.54) is 29.2 Å². The monoisotopic (exact) mass is 531 g/mol. The van der Waals surface area contributed by atoms with Gasteiger partial charge in [0.25, 0.3) is 0 Å². The lowest BCUT2D eigenvalue weighted by Crippen LogP contribution is -2.48. The second-order valence-electron chi connectivity index (χ2n) is 9.41. The lowest BCUT2D eigenvalue weighted by atomic mass is 9.87. The van der Waals surface area contributed by atoms with E-state index in [0.717, 1.165) is 24.6 Å². The zero-order valence-electron chi connectivity index (χ0n) is 20.9. The Morgan fingerprint density at radius 1 is 1.11 bits per heavy atom. The summed E-state index contributed by atoms with van der Waals surface area (Å²) in [5, 5.41) is 8.62. The normalized spacial score (nSPS) is 15.6. The van der Waals surface area contributed by atoms with Gasteiger partial charge >= 0.3 is 0 Å². The minimum atomic E-state index is -0.746. The van der Waals surface area contributed by atoms with E-state index in [2.05, 4.69) is 20.9 Å². The summed E-state index contributed by atoms with van der Waals surface area (Å²) >= 11 is 0. The van der Waals surface area contributed by atoms with Crippen molar-refractivity contribution in [2.75, 3.05) is 5.32 Å². The van der Waals surface area contributed by atoms with Gasteiger partial charge < -0.3 is 20.5 Å². The highest BCUT2D eigenvalue weighted by Gasteiger charge is 2.27. The van der Waals surface area contributed by atoms with Crippen LogP contribution in [0.5, 0.6) is 0 Å². The Morgan fingerprint density at radius 2 is 1.89 bits per heavy atom. The predicted molar refractivity (Wildman–Crippen MR) is 133 cm³/mol. The number of hydrogen-bond donors (Lipinski definition) is 3. The quantitative estimate of drug-likeness (QED) is 0.345.